The van der Waals surface area contributed by atoms with E-state index in [1.54, 1.807) is 32.4 Å². The van der Waals surface area contributed by atoms with Gasteiger partial charge in [0.1, 0.15) is 15.7 Å². The molecule has 1 fully saturated rings. The number of hydrogen-bond acceptors (Lipinski definition) is 7. The van der Waals surface area contributed by atoms with E-state index in [1.807, 2.05) is 36.6 Å². The van der Waals surface area contributed by atoms with Gasteiger partial charge in [0, 0.05) is 54.6 Å². The number of allylic oxidation sites excluding steroid dienone is 1. The standard InChI is InChI=1S/C42H51ClN4O6S/c1-26-7-5-9-38(51-4)35-13-10-31(35)21-47-24-42(16-6-8-29-17-33(43)12-14-36(29)42)25-53-39-15-11-30(19-37(39)47)40(48)44-54(50,28(26)3)45-41(49)32-18-34-23-52-27(2)20-46(34)22-32/h5,9,11-12,14-15,17-19,22,26-28,31,35,38H,6-8,10,13,16,20-21,23-25H2,1-4H3,(H,44,45,48,49,50)/b9-5-/t26-,27-,28+,31-,35+,38-,42-,54?/m0/s1. The Morgan fingerprint density at radius 2 is 1.96 bits per heavy atom. The number of hydrogen-bond donors (Lipinski definition) is 1. The van der Waals surface area contributed by atoms with E-state index in [0.717, 1.165) is 55.1 Å². The number of aryl methyl sites for hydroxylation is 1. The van der Waals surface area contributed by atoms with Crippen molar-refractivity contribution in [2.24, 2.45) is 22.1 Å². The van der Waals surface area contributed by atoms with E-state index in [0.29, 0.717) is 61.4 Å². The number of halogens is 1. The van der Waals surface area contributed by atoms with Crippen LogP contribution in [0.5, 0.6) is 5.75 Å². The molecule has 5 aliphatic rings. The van der Waals surface area contributed by atoms with Crippen molar-refractivity contribution in [3.63, 3.8) is 0 Å². The van der Waals surface area contributed by atoms with Crippen LogP contribution in [0.25, 0.3) is 0 Å². The van der Waals surface area contributed by atoms with Crippen LogP contribution in [0.1, 0.15) is 90.4 Å². The molecular formula is C42H51ClN4O6S. The highest BCUT2D eigenvalue weighted by molar-refractivity contribution is 7.93. The van der Waals surface area contributed by atoms with Crippen molar-refractivity contribution in [2.75, 3.05) is 31.7 Å². The monoisotopic (exact) mass is 774 g/mol. The predicted octanol–water partition coefficient (Wildman–Crippen LogP) is 7.51. The van der Waals surface area contributed by atoms with Crippen LogP contribution in [0, 0.1) is 17.8 Å². The molecule has 1 spiro atoms. The van der Waals surface area contributed by atoms with Gasteiger partial charge >= 0.3 is 0 Å². The molecule has 0 radical (unpaired) electrons. The van der Waals surface area contributed by atoms with Crippen LogP contribution >= 0.6 is 11.6 Å². The molecule has 1 N–H and O–H groups in total. The third-order valence-electron chi connectivity index (χ3n) is 12.7. The molecule has 3 aliphatic heterocycles. The van der Waals surface area contributed by atoms with Crippen LogP contribution in [-0.2, 0) is 44.4 Å². The van der Waals surface area contributed by atoms with Crippen LogP contribution in [-0.4, -0.2) is 64.9 Å². The van der Waals surface area contributed by atoms with Crippen LogP contribution < -0.4 is 14.4 Å². The summed E-state index contributed by atoms with van der Waals surface area (Å²) in [6.45, 7) is 8.77. The number of aromatic nitrogens is 1. The van der Waals surface area contributed by atoms with E-state index in [-0.39, 0.29) is 23.5 Å². The fourth-order valence-corrected chi connectivity index (χ4v) is 11.3. The fourth-order valence-electron chi connectivity index (χ4n) is 9.21. The average molecular weight is 775 g/mol. The molecule has 10 nitrogen and oxygen atoms in total. The maximum Gasteiger partial charge on any atom is 0.286 e. The van der Waals surface area contributed by atoms with Gasteiger partial charge in [-0.1, -0.05) is 36.7 Å². The maximum atomic E-state index is 15.0. The molecule has 2 amide bonds. The first-order valence-electron chi connectivity index (χ1n) is 19.4. The second-order valence-corrected chi connectivity index (χ2v) is 18.9. The number of anilines is 1. The Morgan fingerprint density at radius 1 is 1.11 bits per heavy atom. The van der Waals surface area contributed by atoms with Gasteiger partial charge < -0.3 is 23.7 Å². The number of carbonyl (C=O) groups is 2. The Hall–Kier alpha value is -3.64. The summed E-state index contributed by atoms with van der Waals surface area (Å²) >= 11 is 6.48. The summed E-state index contributed by atoms with van der Waals surface area (Å²) in [5.74, 6) is 0.0691. The maximum absolute atomic E-state index is 15.0. The molecule has 54 heavy (non-hydrogen) atoms. The number of ether oxygens (including phenoxy) is 3. The van der Waals surface area contributed by atoms with Gasteiger partial charge in [0.05, 0.1) is 41.9 Å². The lowest BCUT2D eigenvalue weighted by atomic mass is 9.68. The van der Waals surface area contributed by atoms with Gasteiger partial charge in [-0.25, -0.2) is 4.21 Å². The third kappa shape index (κ3) is 7.01. The SMILES string of the molecule is CO[C@H]1/C=C\C[C@H](C)[C@@H](C)S(=O)(NC(=O)c2cc3n(c2)C[C@H](C)OC3)=NC(=O)c2ccc3c(c2)N(C[C@@H]2CC[C@H]21)C[C@@]1(CCCc2cc(Cl)ccc21)CO3. The Morgan fingerprint density at radius 3 is 2.76 bits per heavy atom. The number of amides is 2. The first-order chi connectivity index (χ1) is 25.9. The molecule has 288 valence electrons. The van der Waals surface area contributed by atoms with Gasteiger partial charge in [0.15, 0.2) is 0 Å². The zero-order chi connectivity index (χ0) is 37.8. The highest BCUT2D eigenvalue weighted by Crippen LogP contribution is 2.47. The number of fused-ring (bicyclic) bond motifs is 5. The largest absolute Gasteiger partial charge is 0.490 e. The Bertz CT molecular complexity index is 2110. The van der Waals surface area contributed by atoms with Gasteiger partial charge in [-0.3, -0.25) is 14.3 Å². The van der Waals surface area contributed by atoms with Crippen molar-refractivity contribution >= 4 is 39.0 Å². The minimum Gasteiger partial charge on any atom is -0.490 e. The molecule has 1 aromatic heterocycles. The molecule has 1 unspecified atom stereocenters. The summed E-state index contributed by atoms with van der Waals surface area (Å²) in [6, 6.07) is 13.4. The van der Waals surface area contributed by atoms with Crippen molar-refractivity contribution in [3.05, 3.63) is 93.8 Å². The number of rotatable bonds is 3. The average Bonchev–Trinajstić information content (AvgIpc) is 3.50. The zero-order valence-corrected chi connectivity index (χ0v) is 33.2. The summed E-state index contributed by atoms with van der Waals surface area (Å²) in [4.78, 5) is 30.5. The second kappa shape index (κ2) is 14.8. The third-order valence-corrected chi connectivity index (χ3v) is 15.3. The predicted molar refractivity (Wildman–Crippen MR) is 211 cm³/mol. The van der Waals surface area contributed by atoms with Gasteiger partial charge in [-0.15, -0.1) is 4.36 Å². The van der Waals surface area contributed by atoms with E-state index in [2.05, 4.69) is 38.3 Å². The molecule has 8 atom stereocenters. The van der Waals surface area contributed by atoms with E-state index < -0.39 is 27.0 Å². The van der Waals surface area contributed by atoms with Crippen molar-refractivity contribution in [1.82, 2.24) is 9.29 Å². The van der Waals surface area contributed by atoms with E-state index in [4.69, 9.17) is 25.8 Å². The summed E-state index contributed by atoms with van der Waals surface area (Å²) < 4.78 is 42.7. The van der Waals surface area contributed by atoms with Gasteiger partial charge in [0.25, 0.3) is 11.8 Å². The van der Waals surface area contributed by atoms with Crippen LogP contribution in [0.4, 0.5) is 5.69 Å². The number of carbonyl (C=O) groups excluding carboxylic acids is 2. The lowest BCUT2D eigenvalue weighted by Gasteiger charge is -2.46. The van der Waals surface area contributed by atoms with Crippen LogP contribution in [0.15, 0.2) is 65.2 Å². The zero-order valence-electron chi connectivity index (χ0n) is 31.6. The molecule has 4 heterocycles. The molecule has 2 bridgehead atoms. The normalized spacial score (nSPS) is 32.8. The summed E-state index contributed by atoms with van der Waals surface area (Å²) in [5.41, 5.74) is 4.62. The lowest BCUT2D eigenvalue weighted by molar-refractivity contribution is 0.0131. The Balaban J connectivity index is 1.20. The minimum absolute atomic E-state index is 0.0187. The number of benzene rings is 2. The number of methoxy groups -OCH3 is 1. The van der Waals surface area contributed by atoms with Crippen molar-refractivity contribution in [2.45, 2.75) is 95.3 Å². The highest BCUT2D eigenvalue weighted by atomic mass is 35.5. The summed E-state index contributed by atoms with van der Waals surface area (Å²) in [5, 5.41) is 0.0893. The molecule has 1 saturated carbocycles. The topological polar surface area (TPSA) is 111 Å². The van der Waals surface area contributed by atoms with Gasteiger partial charge in [-0.2, -0.15) is 0 Å². The van der Waals surface area contributed by atoms with Gasteiger partial charge in [0.2, 0.25) is 0 Å². The Kier molecular flexibility index (Phi) is 10.2. The first kappa shape index (κ1) is 37.3. The molecule has 2 aliphatic carbocycles. The van der Waals surface area contributed by atoms with E-state index in [1.165, 1.54) is 11.1 Å². The first-order valence-corrected chi connectivity index (χ1v) is 21.3. The molecule has 0 saturated heterocycles. The molecule has 2 aromatic carbocycles. The van der Waals surface area contributed by atoms with Crippen LogP contribution in [0.3, 0.4) is 0 Å². The molecule has 12 heteroatoms. The quantitative estimate of drug-likeness (QED) is 0.274. The van der Waals surface area contributed by atoms with E-state index in [9.17, 15) is 9.59 Å². The number of nitrogens with zero attached hydrogens (tertiary/aromatic N) is 3. The summed E-state index contributed by atoms with van der Waals surface area (Å²) in [6.07, 6.45) is 11.7. The molecule has 3 aromatic rings. The Labute approximate surface area is 323 Å². The summed E-state index contributed by atoms with van der Waals surface area (Å²) in [7, 11) is -1.84. The lowest BCUT2D eigenvalue weighted by Crippen LogP contribution is -2.49. The minimum atomic E-state index is -3.62. The number of nitrogens with one attached hydrogen (secondary N) is 1. The fraction of sp³-hybridized carbons (Fsp3) is 0.524. The van der Waals surface area contributed by atoms with Crippen LogP contribution in [0.2, 0.25) is 5.02 Å². The van der Waals surface area contributed by atoms with E-state index >= 15 is 4.21 Å². The molecular weight excluding hydrogens is 724 g/mol. The van der Waals surface area contributed by atoms with Gasteiger partial charge in [-0.05, 0) is 118 Å². The van der Waals surface area contributed by atoms with Crippen molar-refractivity contribution in [1.29, 1.82) is 0 Å². The van der Waals surface area contributed by atoms with Crippen molar-refractivity contribution < 1.29 is 28.0 Å². The van der Waals surface area contributed by atoms with Crippen molar-refractivity contribution in [3.8, 4) is 5.75 Å². The highest BCUT2D eigenvalue weighted by Gasteiger charge is 2.44. The molecule has 8 rings (SSSR count). The smallest absolute Gasteiger partial charge is 0.286 e. The second-order valence-electron chi connectivity index (χ2n) is 16.2.